The largest absolute Gasteiger partial charge is 0.353 e. The van der Waals surface area contributed by atoms with Crippen LogP contribution in [-0.4, -0.2) is 33.5 Å². The lowest BCUT2D eigenvalue weighted by Crippen LogP contribution is -2.26. The Labute approximate surface area is 94.2 Å². The molecule has 1 aliphatic rings. The summed E-state index contributed by atoms with van der Waals surface area (Å²) in [4.78, 5) is 11.4. The first-order chi connectivity index (χ1) is 7.78. The Morgan fingerprint density at radius 2 is 2.44 bits per heavy atom. The van der Waals surface area contributed by atoms with Gasteiger partial charge in [0.1, 0.15) is 0 Å². The van der Waals surface area contributed by atoms with Gasteiger partial charge >= 0.3 is 0 Å². The maximum absolute atomic E-state index is 11.4. The quantitative estimate of drug-likeness (QED) is 0.677. The topological polar surface area (TPSA) is 85.8 Å². The second kappa shape index (κ2) is 5.07. The van der Waals surface area contributed by atoms with Crippen molar-refractivity contribution in [1.29, 1.82) is 0 Å². The maximum atomic E-state index is 11.4. The number of nitrogens with one attached hydrogen (secondary N) is 1. The van der Waals surface area contributed by atoms with E-state index >= 15 is 0 Å². The van der Waals surface area contributed by atoms with Gasteiger partial charge in [-0.05, 0) is 19.4 Å². The smallest absolute Gasteiger partial charge is 0.222 e. The lowest BCUT2D eigenvalue weighted by molar-refractivity contribution is -0.121. The number of nitrogens with two attached hydrogens (primary N) is 1. The zero-order valence-corrected chi connectivity index (χ0v) is 9.22. The van der Waals surface area contributed by atoms with E-state index in [9.17, 15) is 4.79 Å². The van der Waals surface area contributed by atoms with Crippen molar-refractivity contribution < 1.29 is 4.79 Å². The van der Waals surface area contributed by atoms with Crippen molar-refractivity contribution in [2.45, 2.75) is 38.3 Å². The van der Waals surface area contributed by atoms with Crippen molar-refractivity contribution in [3.05, 3.63) is 11.9 Å². The molecule has 16 heavy (non-hydrogen) atoms. The van der Waals surface area contributed by atoms with Gasteiger partial charge in [-0.2, -0.15) is 0 Å². The summed E-state index contributed by atoms with van der Waals surface area (Å²) < 4.78 is 1.69. The van der Waals surface area contributed by atoms with Crippen LogP contribution < -0.4 is 11.1 Å². The molecule has 0 atom stereocenters. The summed E-state index contributed by atoms with van der Waals surface area (Å²) in [7, 11) is 0. The standard InChI is InChI=1S/C10H17N5O/c11-5-3-9-7-15(14-13-9)6-4-10(16)12-8-1-2-8/h7-8H,1-6,11H2,(H,12,16). The van der Waals surface area contributed by atoms with Gasteiger partial charge in [0, 0.05) is 25.1 Å². The van der Waals surface area contributed by atoms with Crippen molar-refractivity contribution in [3.63, 3.8) is 0 Å². The van der Waals surface area contributed by atoms with Crippen LogP contribution in [0.5, 0.6) is 0 Å². The summed E-state index contributed by atoms with van der Waals surface area (Å²) in [6.45, 7) is 1.15. The number of aryl methyl sites for hydroxylation is 1. The van der Waals surface area contributed by atoms with E-state index in [0.29, 0.717) is 25.6 Å². The molecular weight excluding hydrogens is 206 g/mol. The molecule has 0 bridgehead atoms. The highest BCUT2D eigenvalue weighted by molar-refractivity contribution is 5.76. The molecule has 0 saturated heterocycles. The summed E-state index contributed by atoms with van der Waals surface area (Å²) >= 11 is 0. The fourth-order valence-corrected chi connectivity index (χ4v) is 1.45. The van der Waals surface area contributed by atoms with Crippen molar-refractivity contribution in [2.75, 3.05) is 6.54 Å². The Kier molecular flexibility index (Phi) is 3.51. The summed E-state index contributed by atoms with van der Waals surface area (Å²) in [5, 5.41) is 10.8. The fourth-order valence-electron chi connectivity index (χ4n) is 1.45. The van der Waals surface area contributed by atoms with E-state index < -0.39 is 0 Å². The number of amides is 1. The molecule has 6 heteroatoms. The average Bonchev–Trinajstić information content (AvgIpc) is 2.95. The van der Waals surface area contributed by atoms with Crippen LogP contribution >= 0.6 is 0 Å². The molecule has 0 spiro atoms. The highest BCUT2D eigenvalue weighted by Crippen LogP contribution is 2.18. The average molecular weight is 223 g/mol. The molecule has 2 rings (SSSR count). The molecule has 0 aromatic carbocycles. The van der Waals surface area contributed by atoms with E-state index in [0.717, 1.165) is 25.0 Å². The molecule has 1 fully saturated rings. The van der Waals surface area contributed by atoms with Gasteiger partial charge in [0.2, 0.25) is 5.91 Å². The monoisotopic (exact) mass is 223 g/mol. The number of carbonyl (C=O) groups is 1. The second-order valence-corrected chi connectivity index (χ2v) is 4.10. The number of aromatic nitrogens is 3. The van der Waals surface area contributed by atoms with E-state index in [-0.39, 0.29) is 5.91 Å². The van der Waals surface area contributed by atoms with Crippen molar-refractivity contribution in [3.8, 4) is 0 Å². The molecule has 0 radical (unpaired) electrons. The minimum atomic E-state index is 0.0957. The SMILES string of the molecule is NCCc1cn(CCC(=O)NC2CC2)nn1. The molecular formula is C10H17N5O. The lowest BCUT2D eigenvalue weighted by atomic mass is 10.3. The Balaban J connectivity index is 1.72. The van der Waals surface area contributed by atoms with E-state index in [1.807, 2.05) is 6.20 Å². The number of hydrogen-bond donors (Lipinski definition) is 2. The van der Waals surface area contributed by atoms with Crippen LogP contribution in [-0.2, 0) is 17.8 Å². The zero-order valence-electron chi connectivity index (χ0n) is 9.22. The van der Waals surface area contributed by atoms with Gasteiger partial charge in [0.25, 0.3) is 0 Å². The number of carbonyl (C=O) groups excluding carboxylic acids is 1. The van der Waals surface area contributed by atoms with Gasteiger partial charge in [-0.25, -0.2) is 0 Å². The number of hydrogen-bond acceptors (Lipinski definition) is 4. The van der Waals surface area contributed by atoms with Gasteiger partial charge in [-0.3, -0.25) is 9.48 Å². The molecule has 3 N–H and O–H groups in total. The number of nitrogens with zero attached hydrogens (tertiary/aromatic N) is 3. The minimum absolute atomic E-state index is 0.0957. The maximum Gasteiger partial charge on any atom is 0.222 e. The van der Waals surface area contributed by atoms with E-state index in [1.165, 1.54) is 0 Å². The molecule has 0 aliphatic heterocycles. The third-order valence-electron chi connectivity index (χ3n) is 2.50. The predicted octanol–water partition coefficient (Wildman–Crippen LogP) is -0.552. The van der Waals surface area contributed by atoms with Gasteiger partial charge in [0.05, 0.1) is 12.2 Å². The van der Waals surface area contributed by atoms with Crippen LogP contribution in [0.25, 0.3) is 0 Å². The summed E-state index contributed by atoms with van der Waals surface area (Å²) in [6, 6.07) is 0.427. The molecule has 0 unspecified atom stereocenters. The molecule has 1 heterocycles. The Bertz CT molecular complexity index is 358. The van der Waals surface area contributed by atoms with E-state index in [1.54, 1.807) is 4.68 Å². The predicted molar refractivity (Wildman–Crippen MR) is 58.6 cm³/mol. The van der Waals surface area contributed by atoms with Crippen molar-refractivity contribution >= 4 is 5.91 Å². The molecule has 1 saturated carbocycles. The second-order valence-electron chi connectivity index (χ2n) is 4.10. The highest BCUT2D eigenvalue weighted by Gasteiger charge is 2.22. The first-order valence-corrected chi connectivity index (χ1v) is 5.66. The van der Waals surface area contributed by atoms with Crippen molar-refractivity contribution in [2.24, 2.45) is 5.73 Å². The van der Waals surface area contributed by atoms with Gasteiger partial charge in [-0.15, -0.1) is 5.10 Å². The molecule has 88 valence electrons. The molecule has 6 nitrogen and oxygen atoms in total. The third kappa shape index (κ3) is 3.30. The molecule has 1 aliphatic carbocycles. The summed E-state index contributed by atoms with van der Waals surface area (Å²) in [6.07, 6.45) is 5.28. The van der Waals surface area contributed by atoms with Crippen LogP contribution in [0, 0.1) is 0 Å². The summed E-state index contributed by atoms with van der Waals surface area (Å²) in [5.74, 6) is 0.0957. The molecule has 1 aromatic rings. The van der Waals surface area contributed by atoms with Crippen LogP contribution in [0.2, 0.25) is 0 Å². The van der Waals surface area contributed by atoms with Gasteiger partial charge in [-0.1, -0.05) is 5.21 Å². The van der Waals surface area contributed by atoms with E-state index in [4.69, 9.17) is 5.73 Å². The molecule has 1 aromatic heterocycles. The van der Waals surface area contributed by atoms with Crippen LogP contribution in [0.4, 0.5) is 0 Å². The Hall–Kier alpha value is -1.43. The lowest BCUT2D eigenvalue weighted by Gasteiger charge is -2.02. The van der Waals surface area contributed by atoms with Crippen molar-refractivity contribution in [1.82, 2.24) is 20.3 Å². The first-order valence-electron chi connectivity index (χ1n) is 5.66. The Morgan fingerprint density at radius 3 is 3.12 bits per heavy atom. The van der Waals surface area contributed by atoms with E-state index in [2.05, 4.69) is 15.6 Å². The van der Waals surface area contributed by atoms with Gasteiger partial charge < -0.3 is 11.1 Å². The highest BCUT2D eigenvalue weighted by atomic mass is 16.1. The zero-order chi connectivity index (χ0) is 11.4. The minimum Gasteiger partial charge on any atom is -0.353 e. The third-order valence-corrected chi connectivity index (χ3v) is 2.50. The Morgan fingerprint density at radius 1 is 1.62 bits per heavy atom. The van der Waals surface area contributed by atoms with Gasteiger partial charge in [0.15, 0.2) is 0 Å². The van der Waals surface area contributed by atoms with Crippen LogP contribution in [0.15, 0.2) is 6.20 Å². The number of rotatable bonds is 6. The molecule has 1 amide bonds. The van der Waals surface area contributed by atoms with Crippen LogP contribution in [0.3, 0.4) is 0 Å². The summed E-state index contributed by atoms with van der Waals surface area (Å²) in [5.41, 5.74) is 6.29. The first kappa shape index (κ1) is 11.1. The normalized spacial score (nSPS) is 15.1. The van der Waals surface area contributed by atoms with Crippen LogP contribution in [0.1, 0.15) is 25.0 Å². The fraction of sp³-hybridized carbons (Fsp3) is 0.700.